The van der Waals surface area contributed by atoms with Crippen LogP contribution in [0.1, 0.15) is 34.7 Å². The highest BCUT2D eigenvalue weighted by molar-refractivity contribution is 5.97. The summed E-state index contributed by atoms with van der Waals surface area (Å²) in [4.78, 5) is 34.9. The van der Waals surface area contributed by atoms with Crippen LogP contribution in [0.5, 0.6) is 0 Å². The van der Waals surface area contributed by atoms with E-state index in [1.807, 2.05) is 18.2 Å². The van der Waals surface area contributed by atoms with E-state index in [-0.39, 0.29) is 23.6 Å². The summed E-state index contributed by atoms with van der Waals surface area (Å²) in [5.74, 6) is -0.253. The molecule has 1 fully saturated rings. The van der Waals surface area contributed by atoms with Crippen molar-refractivity contribution in [2.75, 3.05) is 13.1 Å². The number of hydrogen-bond acceptors (Lipinski definition) is 3. The predicted molar refractivity (Wildman–Crippen MR) is 75.7 cm³/mol. The number of benzene rings is 1. The van der Waals surface area contributed by atoms with E-state index >= 15 is 0 Å². The lowest BCUT2D eigenvalue weighted by atomic mass is 9.90. The molecule has 2 atom stereocenters. The van der Waals surface area contributed by atoms with Crippen LogP contribution in [-0.2, 0) is 9.59 Å². The Morgan fingerprint density at radius 3 is 2.86 bits per heavy atom. The number of fused-ring (bicyclic) bond motifs is 1. The molecule has 0 radical (unpaired) electrons. The fourth-order valence-electron chi connectivity index (χ4n) is 2.82. The van der Waals surface area contributed by atoms with Gasteiger partial charge in [0.15, 0.2) is 0 Å². The van der Waals surface area contributed by atoms with Crippen molar-refractivity contribution in [3.63, 3.8) is 0 Å². The molecule has 0 saturated carbocycles. The molecule has 3 N–H and O–H groups in total. The molecule has 6 heteroatoms. The number of rotatable bonds is 3. The van der Waals surface area contributed by atoms with Crippen molar-refractivity contribution in [1.29, 1.82) is 0 Å². The van der Waals surface area contributed by atoms with Crippen LogP contribution in [-0.4, -0.2) is 36.9 Å². The van der Waals surface area contributed by atoms with Crippen molar-refractivity contribution in [3.8, 4) is 0 Å². The highest BCUT2D eigenvalue weighted by Gasteiger charge is 2.29. The van der Waals surface area contributed by atoms with Crippen LogP contribution in [0, 0.1) is 0 Å². The first-order valence-electron chi connectivity index (χ1n) is 7.09. The zero-order chi connectivity index (χ0) is 14.8. The summed E-state index contributed by atoms with van der Waals surface area (Å²) in [6.07, 6.45) is 0.947. The molecule has 6 nitrogen and oxygen atoms in total. The standard InChI is InChI=1S/C15H17N3O3/c19-13-6-5-12(18-13)15(21)17-8-9-7-16-14(20)11-4-2-1-3-10(9)11/h1-4,9,12H,5-8H2,(H,16,20)(H,17,21)(H,18,19). The highest BCUT2D eigenvalue weighted by Crippen LogP contribution is 2.23. The van der Waals surface area contributed by atoms with Crippen LogP contribution in [0.15, 0.2) is 24.3 Å². The number of carbonyl (C=O) groups excluding carboxylic acids is 3. The Morgan fingerprint density at radius 2 is 2.10 bits per heavy atom. The van der Waals surface area contributed by atoms with E-state index in [9.17, 15) is 14.4 Å². The minimum absolute atomic E-state index is 0.0555. The molecule has 0 spiro atoms. The summed E-state index contributed by atoms with van der Waals surface area (Å²) in [6.45, 7) is 0.954. The second kappa shape index (κ2) is 5.55. The Hall–Kier alpha value is -2.37. The van der Waals surface area contributed by atoms with Gasteiger partial charge in [-0.3, -0.25) is 14.4 Å². The van der Waals surface area contributed by atoms with Gasteiger partial charge in [0.05, 0.1) is 0 Å². The molecule has 2 unspecified atom stereocenters. The topological polar surface area (TPSA) is 87.3 Å². The van der Waals surface area contributed by atoms with Crippen molar-refractivity contribution in [1.82, 2.24) is 16.0 Å². The molecule has 1 saturated heterocycles. The van der Waals surface area contributed by atoms with Gasteiger partial charge in [0.25, 0.3) is 5.91 Å². The molecular formula is C15H17N3O3. The molecule has 3 amide bonds. The first-order chi connectivity index (χ1) is 10.1. The third kappa shape index (κ3) is 2.74. The van der Waals surface area contributed by atoms with Gasteiger partial charge in [-0.05, 0) is 18.1 Å². The molecule has 0 aromatic heterocycles. The van der Waals surface area contributed by atoms with E-state index < -0.39 is 6.04 Å². The maximum Gasteiger partial charge on any atom is 0.251 e. The average molecular weight is 287 g/mol. The van der Waals surface area contributed by atoms with E-state index in [0.717, 1.165) is 5.56 Å². The van der Waals surface area contributed by atoms with Crippen LogP contribution in [0.2, 0.25) is 0 Å². The largest absolute Gasteiger partial charge is 0.354 e. The van der Waals surface area contributed by atoms with Crippen LogP contribution >= 0.6 is 0 Å². The first-order valence-corrected chi connectivity index (χ1v) is 7.09. The Balaban J connectivity index is 1.64. The molecule has 3 rings (SSSR count). The average Bonchev–Trinajstić information content (AvgIpc) is 2.93. The fourth-order valence-corrected chi connectivity index (χ4v) is 2.82. The third-order valence-corrected chi connectivity index (χ3v) is 3.99. The van der Waals surface area contributed by atoms with Gasteiger partial charge in [0, 0.05) is 31.0 Å². The molecule has 110 valence electrons. The SMILES string of the molecule is O=C1CCC(C(=O)NCC2CNC(=O)c3ccccc32)N1. The number of nitrogens with one attached hydrogen (secondary N) is 3. The Morgan fingerprint density at radius 1 is 1.29 bits per heavy atom. The molecular weight excluding hydrogens is 270 g/mol. The van der Waals surface area contributed by atoms with Crippen molar-refractivity contribution in [3.05, 3.63) is 35.4 Å². The van der Waals surface area contributed by atoms with Crippen molar-refractivity contribution in [2.45, 2.75) is 24.8 Å². The minimum atomic E-state index is -0.425. The highest BCUT2D eigenvalue weighted by atomic mass is 16.2. The summed E-state index contributed by atoms with van der Waals surface area (Å²) >= 11 is 0. The Kier molecular flexibility index (Phi) is 3.60. The monoisotopic (exact) mass is 287 g/mol. The molecule has 0 bridgehead atoms. The van der Waals surface area contributed by atoms with Crippen molar-refractivity contribution in [2.24, 2.45) is 0 Å². The van der Waals surface area contributed by atoms with Gasteiger partial charge < -0.3 is 16.0 Å². The number of hydrogen-bond donors (Lipinski definition) is 3. The van der Waals surface area contributed by atoms with Gasteiger partial charge in [-0.25, -0.2) is 0 Å². The molecule has 1 aromatic rings. The van der Waals surface area contributed by atoms with Gasteiger partial charge in [-0.15, -0.1) is 0 Å². The Bertz CT molecular complexity index is 600. The second-order valence-corrected chi connectivity index (χ2v) is 5.40. The maximum atomic E-state index is 12.0. The molecule has 2 heterocycles. The predicted octanol–water partition coefficient (Wildman–Crippen LogP) is -0.0916. The molecule has 1 aromatic carbocycles. The van der Waals surface area contributed by atoms with Gasteiger partial charge in [0.2, 0.25) is 11.8 Å². The third-order valence-electron chi connectivity index (χ3n) is 3.99. The zero-order valence-electron chi connectivity index (χ0n) is 11.5. The number of carbonyl (C=O) groups is 3. The smallest absolute Gasteiger partial charge is 0.251 e. The fraction of sp³-hybridized carbons (Fsp3) is 0.400. The molecule has 2 aliphatic heterocycles. The number of amides is 3. The Labute approximate surface area is 122 Å². The summed E-state index contributed by atoms with van der Waals surface area (Å²) in [6, 6.07) is 7.00. The molecule has 2 aliphatic rings. The lowest BCUT2D eigenvalue weighted by Crippen LogP contribution is -2.45. The minimum Gasteiger partial charge on any atom is -0.354 e. The van der Waals surface area contributed by atoms with E-state index in [4.69, 9.17) is 0 Å². The van der Waals surface area contributed by atoms with E-state index in [1.54, 1.807) is 6.07 Å². The van der Waals surface area contributed by atoms with Crippen molar-refractivity contribution < 1.29 is 14.4 Å². The van der Waals surface area contributed by atoms with Crippen LogP contribution < -0.4 is 16.0 Å². The van der Waals surface area contributed by atoms with Gasteiger partial charge in [0.1, 0.15) is 6.04 Å². The molecule has 0 aliphatic carbocycles. The normalized spacial score (nSPS) is 24.0. The van der Waals surface area contributed by atoms with E-state index in [0.29, 0.717) is 31.5 Å². The van der Waals surface area contributed by atoms with Crippen LogP contribution in [0.25, 0.3) is 0 Å². The second-order valence-electron chi connectivity index (χ2n) is 5.40. The summed E-state index contributed by atoms with van der Waals surface area (Å²) < 4.78 is 0. The quantitative estimate of drug-likeness (QED) is 0.726. The lowest BCUT2D eigenvalue weighted by Gasteiger charge is -2.26. The van der Waals surface area contributed by atoms with Crippen LogP contribution in [0.4, 0.5) is 0 Å². The maximum absolute atomic E-state index is 12.0. The summed E-state index contributed by atoms with van der Waals surface area (Å²) in [5, 5.41) is 8.34. The van der Waals surface area contributed by atoms with Gasteiger partial charge in [-0.2, -0.15) is 0 Å². The van der Waals surface area contributed by atoms with Crippen LogP contribution in [0.3, 0.4) is 0 Å². The lowest BCUT2D eigenvalue weighted by molar-refractivity contribution is -0.125. The first kappa shape index (κ1) is 13.6. The zero-order valence-corrected chi connectivity index (χ0v) is 11.5. The van der Waals surface area contributed by atoms with Gasteiger partial charge in [-0.1, -0.05) is 18.2 Å². The van der Waals surface area contributed by atoms with Crippen molar-refractivity contribution >= 4 is 17.7 Å². The van der Waals surface area contributed by atoms with E-state index in [1.165, 1.54) is 0 Å². The molecule has 21 heavy (non-hydrogen) atoms. The summed E-state index contributed by atoms with van der Waals surface area (Å²) in [5.41, 5.74) is 1.62. The van der Waals surface area contributed by atoms with Gasteiger partial charge >= 0.3 is 0 Å². The van der Waals surface area contributed by atoms with E-state index in [2.05, 4.69) is 16.0 Å². The summed E-state index contributed by atoms with van der Waals surface area (Å²) in [7, 11) is 0.